The van der Waals surface area contributed by atoms with Gasteiger partial charge in [-0.05, 0) is 47.5 Å². The van der Waals surface area contributed by atoms with Gasteiger partial charge >= 0.3 is 0 Å². The van der Waals surface area contributed by atoms with E-state index < -0.39 is 11.0 Å². The summed E-state index contributed by atoms with van der Waals surface area (Å²) < 4.78 is 0. The smallest absolute Gasteiger partial charge is 0.250 e. The highest BCUT2D eigenvalue weighted by atomic mass is 32.1. The fraction of sp³-hybridized carbons (Fsp3) is 0.188. The van der Waals surface area contributed by atoms with Crippen LogP contribution in [0.2, 0.25) is 0 Å². The first-order valence-corrected chi connectivity index (χ1v) is 13.9. The lowest BCUT2D eigenvalue weighted by atomic mass is 9.54. The lowest BCUT2D eigenvalue weighted by Crippen LogP contribution is -2.59. The van der Waals surface area contributed by atoms with Crippen molar-refractivity contribution in [2.75, 3.05) is 5.32 Å². The summed E-state index contributed by atoms with van der Waals surface area (Å²) >= 11 is 1.67. The van der Waals surface area contributed by atoms with E-state index in [1.165, 1.54) is 0 Å². The molecule has 186 valence electrons. The van der Waals surface area contributed by atoms with Gasteiger partial charge in [0.25, 0.3) is 0 Å². The maximum atomic E-state index is 15.2. The number of carbonyl (C=O) groups is 2. The van der Waals surface area contributed by atoms with Crippen molar-refractivity contribution >= 4 is 39.6 Å². The number of nitrogens with one attached hydrogen (secondary N) is 3. The monoisotopic (exact) mass is 515 g/mol. The van der Waals surface area contributed by atoms with Crippen LogP contribution in [0.4, 0.5) is 5.69 Å². The molecule has 2 aliphatic heterocycles. The normalized spacial score (nSPS) is 27.7. The number of benzene rings is 3. The van der Waals surface area contributed by atoms with E-state index in [4.69, 9.17) is 0 Å². The highest BCUT2D eigenvalue weighted by Crippen LogP contribution is 2.68. The number of hydrogen-bond acceptors (Lipinski definition) is 4. The first-order chi connectivity index (χ1) is 18.6. The van der Waals surface area contributed by atoms with Crippen molar-refractivity contribution in [3.8, 4) is 0 Å². The number of fused-ring (bicyclic) bond motifs is 6. The number of aromatic nitrogens is 1. The molecule has 2 spiro atoms. The van der Waals surface area contributed by atoms with Gasteiger partial charge < -0.3 is 10.3 Å². The largest absolute Gasteiger partial charge is 0.352 e. The molecule has 5 aromatic rings. The fourth-order valence-corrected chi connectivity index (χ4v) is 8.54. The van der Waals surface area contributed by atoms with Gasteiger partial charge in [-0.15, -0.1) is 11.3 Å². The Balaban J connectivity index is 1.46. The van der Waals surface area contributed by atoms with Gasteiger partial charge in [0.1, 0.15) is 5.54 Å². The summed E-state index contributed by atoms with van der Waals surface area (Å²) in [5.41, 5.74) is 3.16. The Morgan fingerprint density at radius 2 is 1.63 bits per heavy atom. The molecule has 8 rings (SSSR count). The predicted molar refractivity (Wildman–Crippen MR) is 150 cm³/mol. The van der Waals surface area contributed by atoms with Crippen molar-refractivity contribution in [2.45, 2.75) is 30.3 Å². The van der Waals surface area contributed by atoms with Gasteiger partial charge in [-0.2, -0.15) is 0 Å². The van der Waals surface area contributed by atoms with Crippen LogP contribution >= 0.6 is 11.3 Å². The van der Waals surface area contributed by atoms with Crippen molar-refractivity contribution < 1.29 is 9.59 Å². The number of H-pyrrole nitrogens is 1. The minimum atomic E-state index is -1.20. The van der Waals surface area contributed by atoms with E-state index in [2.05, 4.69) is 45.3 Å². The summed E-state index contributed by atoms with van der Waals surface area (Å²) in [5, 5.41) is 10.2. The number of hydrogen-bond donors (Lipinski definition) is 3. The van der Waals surface area contributed by atoms with Crippen LogP contribution in [0.25, 0.3) is 10.9 Å². The molecule has 3 aliphatic rings. The molecule has 2 aromatic heterocycles. The molecule has 3 aromatic carbocycles. The van der Waals surface area contributed by atoms with Gasteiger partial charge in [0, 0.05) is 39.0 Å². The zero-order valence-corrected chi connectivity index (χ0v) is 21.3. The van der Waals surface area contributed by atoms with Gasteiger partial charge in [0.15, 0.2) is 5.78 Å². The number of carbonyl (C=O) groups excluding carboxylic acids is 2. The second-order valence-electron chi connectivity index (χ2n) is 10.6. The number of aryl methyl sites for hydroxylation is 1. The predicted octanol–water partition coefficient (Wildman–Crippen LogP) is 6.32. The molecule has 1 aliphatic carbocycles. The number of Topliss-reactive ketones (excluding diaryl/α,β-unsaturated/α-hetero) is 1. The Morgan fingerprint density at radius 1 is 0.842 bits per heavy atom. The number of ketones is 1. The third kappa shape index (κ3) is 2.59. The Kier molecular flexibility index (Phi) is 4.50. The first-order valence-electron chi connectivity index (χ1n) is 13.1. The van der Waals surface area contributed by atoms with E-state index in [-0.39, 0.29) is 23.7 Å². The Morgan fingerprint density at radius 3 is 2.47 bits per heavy atom. The van der Waals surface area contributed by atoms with E-state index in [0.717, 1.165) is 38.2 Å². The molecule has 5 nitrogen and oxygen atoms in total. The number of para-hydroxylation sites is 2. The summed E-state index contributed by atoms with van der Waals surface area (Å²) in [6.45, 7) is 0. The average molecular weight is 516 g/mol. The van der Waals surface area contributed by atoms with Crippen molar-refractivity contribution in [3.05, 3.63) is 124 Å². The molecular formula is C32H25N3O2S. The fourth-order valence-electron chi connectivity index (χ4n) is 7.59. The summed E-state index contributed by atoms with van der Waals surface area (Å²) in [6, 6.07) is 30.2. The molecule has 38 heavy (non-hydrogen) atoms. The van der Waals surface area contributed by atoms with Crippen molar-refractivity contribution in [1.82, 2.24) is 10.3 Å². The molecule has 4 atom stereocenters. The van der Waals surface area contributed by atoms with Gasteiger partial charge in [0.2, 0.25) is 5.91 Å². The molecule has 6 heteroatoms. The van der Waals surface area contributed by atoms with Crippen molar-refractivity contribution in [3.63, 3.8) is 0 Å². The topological polar surface area (TPSA) is 74.0 Å². The van der Waals surface area contributed by atoms with Crippen LogP contribution in [0.15, 0.2) is 96.4 Å². The van der Waals surface area contributed by atoms with Gasteiger partial charge in [0.05, 0.1) is 11.1 Å². The maximum Gasteiger partial charge on any atom is 0.250 e. The molecule has 0 bridgehead atoms. The van der Waals surface area contributed by atoms with E-state index in [9.17, 15) is 4.79 Å². The molecule has 0 saturated carbocycles. The number of thiophene rings is 1. The first kappa shape index (κ1) is 22.0. The third-order valence-corrected chi connectivity index (χ3v) is 10.0. The van der Waals surface area contributed by atoms with Crippen LogP contribution in [-0.4, -0.2) is 16.7 Å². The zero-order valence-electron chi connectivity index (χ0n) is 20.5. The second kappa shape index (κ2) is 7.76. The number of rotatable bonds is 2. The van der Waals surface area contributed by atoms with Crippen molar-refractivity contribution in [1.29, 1.82) is 0 Å². The van der Waals surface area contributed by atoms with Crippen LogP contribution in [-0.2, 0) is 16.8 Å². The highest BCUT2D eigenvalue weighted by molar-refractivity contribution is 7.10. The Bertz CT molecular complexity index is 1740. The maximum absolute atomic E-state index is 15.2. The number of aromatic amines is 1. The SMILES string of the molecule is O=C1Nc2ccccc2[C@]12N[C@H](c1ccccc1)[C@H](c1cccs1)[C@@]21CCc2c([nH]c3ccccc23)C1=O. The Labute approximate surface area is 223 Å². The summed E-state index contributed by atoms with van der Waals surface area (Å²) in [4.78, 5) is 34.1. The second-order valence-corrected chi connectivity index (χ2v) is 11.6. The van der Waals surface area contributed by atoms with Gasteiger partial charge in [-0.3, -0.25) is 14.9 Å². The highest BCUT2D eigenvalue weighted by Gasteiger charge is 2.74. The summed E-state index contributed by atoms with van der Waals surface area (Å²) in [6.07, 6.45) is 1.29. The lowest BCUT2D eigenvalue weighted by molar-refractivity contribution is -0.125. The average Bonchev–Trinajstić information content (AvgIpc) is 3.72. The molecule has 0 radical (unpaired) electrons. The van der Waals surface area contributed by atoms with Gasteiger partial charge in [-0.25, -0.2) is 0 Å². The molecule has 1 amide bonds. The van der Waals surface area contributed by atoms with Crippen molar-refractivity contribution in [2.24, 2.45) is 5.41 Å². The number of amides is 1. The zero-order chi connectivity index (χ0) is 25.5. The standard InChI is InChI=1S/C32H25N3O2S/c36-29-28-21(20-11-4-6-13-23(20)33-28)16-17-31(29)26(25-15-8-18-38-25)27(19-9-2-1-3-10-19)35-32(31)22-12-5-7-14-24(22)34-30(32)37/h1-15,18,26-27,33,35H,16-17H2,(H,34,37)/t26-,27+,31+,32-/m0/s1. The van der Waals surface area contributed by atoms with Crippen LogP contribution in [0.1, 0.15) is 50.4 Å². The molecule has 1 saturated heterocycles. The summed E-state index contributed by atoms with van der Waals surface area (Å²) in [7, 11) is 0. The van der Waals surface area contributed by atoms with E-state index in [1.807, 2.05) is 66.7 Å². The quantitative estimate of drug-likeness (QED) is 0.258. The molecular weight excluding hydrogens is 490 g/mol. The van der Waals surface area contributed by atoms with Gasteiger partial charge in [-0.1, -0.05) is 72.8 Å². The van der Waals surface area contributed by atoms with Crippen LogP contribution < -0.4 is 10.6 Å². The minimum absolute atomic E-state index is 0.0196. The minimum Gasteiger partial charge on any atom is -0.352 e. The molecule has 4 heterocycles. The Hall–Kier alpha value is -4.00. The molecule has 3 N–H and O–H groups in total. The lowest BCUT2D eigenvalue weighted by Gasteiger charge is -2.45. The third-order valence-electron chi connectivity index (χ3n) is 9.05. The van der Waals surface area contributed by atoms with Crippen LogP contribution in [0.5, 0.6) is 0 Å². The number of anilines is 1. The molecule has 0 unspecified atom stereocenters. The van der Waals surface area contributed by atoms with E-state index in [1.54, 1.807) is 11.3 Å². The van der Waals surface area contributed by atoms with E-state index in [0.29, 0.717) is 18.5 Å². The molecule has 1 fully saturated rings. The van der Waals surface area contributed by atoms with Crippen LogP contribution in [0, 0.1) is 5.41 Å². The summed E-state index contributed by atoms with van der Waals surface area (Å²) in [5.74, 6) is -0.355. The van der Waals surface area contributed by atoms with Crippen LogP contribution in [0.3, 0.4) is 0 Å². The van der Waals surface area contributed by atoms with E-state index >= 15 is 4.79 Å².